The van der Waals surface area contributed by atoms with Crippen molar-refractivity contribution in [3.8, 4) is 0 Å². The minimum absolute atomic E-state index is 0.00611. The van der Waals surface area contributed by atoms with Gasteiger partial charge in [-0.2, -0.15) is 0 Å². The molecule has 1 saturated heterocycles. The first-order valence-electron chi connectivity index (χ1n) is 5.33. The van der Waals surface area contributed by atoms with E-state index in [1.54, 1.807) is 0 Å². The van der Waals surface area contributed by atoms with Crippen molar-refractivity contribution in [1.82, 2.24) is 10.6 Å². The summed E-state index contributed by atoms with van der Waals surface area (Å²) in [5.41, 5.74) is 5.10. The third-order valence-electron chi connectivity index (χ3n) is 2.25. The Balaban J connectivity index is 2.28. The standard InChI is InChI=1S/C10H21N3O2/c1-10(2,3)15-9(14)13-8-4-7(5-11)6-12-8/h7-8,12H,4-6,11H2,1-3H3,(H,13,14). The number of carbonyl (C=O) groups is 1. The molecule has 0 saturated carbocycles. The predicted molar refractivity (Wildman–Crippen MR) is 58.3 cm³/mol. The molecule has 1 aliphatic heterocycles. The highest BCUT2D eigenvalue weighted by molar-refractivity contribution is 5.68. The zero-order valence-electron chi connectivity index (χ0n) is 9.67. The number of rotatable bonds is 2. The molecule has 0 aromatic carbocycles. The molecule has 0 aromatic rings. The van der Waals surface area contributed by atoms with Crippen LogP contribution in [0.4, 0.5) is 4.79 Å². The molecule has 5 nitrogen and oxygen atoms in total. The molecule has 4 N–H and O–H groups in total. The van der Waals surface area contributed by atoms with Crippen molar-refractivity contribution in [2.75, 3.05) is 13.1 Å². The second kappa shape index (κ2) is 4.81. The molecule has 0 bridgehead atoms. The SMILES string of the molecule is CC(C)(C)OC(=O)NC1CC(CN)CN1. The van der Waals surface area contributed by atoms with E-state index in [9.17, 15) is 4.79 Å². The van der Waals surface area contributed by atoms with Crippen LogP contribution in [0.25, 0.3) is 0 Å². The molecule has 1 aliphatic rings. The first kappa shape index (κ1) is 12.3. The number of nitrogens with one attached hydrogen (secondary N) is 2. The number of amides is 1. The van der Waals surface area contributed by atoms with Crippen molar-refractivity contribution in [1.29, 1.82) is 0 Å². The minimum atomic E-state index is -0.448. The van der Waals surface area contributed by atoms with E-state index in [0.717, 1.165) is 13.0 Å². The zero-order valence-corrected chi connectivity index (χ0v) is 9.67. The summed E-state index contributed by atoms with van der Waals surface area (Å²) >= 11 is 0. The molecule has 15 heavy (non-hydrogen) atoms. The summed E-state index contributed by atoms with van der Waals surface area (Å²) in [7, 11) is 0. The van der Waals surface area contributed by atoms with E-state index >= 15 is 0 Å². The van der Waals surface area contributed by atoms with Crippen LogP contribution in [0, 0.1) is 5.92 Å². The molecule has 2 atom stereocenters. The van der Waals surface area contributed by atoms with Crippen molar-refractivity contribution in [3.05, 3.63) is 0 Å². The molecule has 0 aliphatic carbocycles. The third-order valence-corrected chi connectivity index (χ3v) is 2.25. The summed E-state index contributed by atoms with van der Waals surface area (Å²) in [6.45, 7) is 7.04. The highest BCUT2D eigenvalue weighted by Crippen LogP contribution is 2.12. The van der Waals surface area contributed by atoms with Crippen LogP contribution in [-0.4, -0.2) is 30.9 Å². The van der Waals surface area contributed by atoms with Gasteiger partial charge in [-0.3, -0.25) is 5.32 Å². The van der Waals surface area contributed by atoms with Crippen LogP contribution in [0.15, 0.2) is 0 Å². The fourth-order valence-corrected chi connectivity index (χ4v) is 1.55. The monoisotopic (exact) mass is 215 g/mol. The minimum Gasteiger partial charge on any atom is -0.444 e. The Morgan fingerprint density at radius 3 is 2.73 bits per heavy atom. The third kappa shape index (κ3) is 4.48. The number of nitrogens with two attached hydrogens (primary N) is 1. The Bertz CT molecular complexity index is 225. The molecule has 2 unspecified atom stereocenters. The molecular weight excluding hydrogens is 194 g/mol. The van der Waals surface area contributed by atoms with Gasteiger partial charge in [0.1, 0.15) is 5.60 Å². The molecule has 1 rings (SSSR count). The molecule has 1 heterocycles. The fraction of sp³-hybridized carbons (Fsp3) is 0.900. The van der Waals surface area contributed by atoms with E-state index in [0.29, 0.717) is 12.5 Å². The van der Waals surface area contributed by atoms with Crippen LogP contribution in [0.5, 0.6) is 0 Å². The van der Waals surface area contributed by atoms with Crippen LogP contribution in [0.3, 0.4) is 0 Å². The van der Waals surface area contributed by atoms with Crippen molar-refractivity contribution in [2.24, 2.45) is 11.7 Å². The van der Waals surface area contributed by atoms with E-state index in [2.05, 4.69) is 10.6 Å². The van der Waals surface area contributed by atoms with Gasteiger partial charge in [-0.1, -0.05) is 0 Å². The lowest BCUT2D eigenvalue weighted by Crippen LogP contribution is -2.43. The normalized spacial score (nSPS) is 26.4. The van der Waals surface area contributed by atoms with Crippen LogP contribution in [0.1, 0.15) is 27.2 Å². The fourth-order valence-electron chi connectivity index (χ4n) is 1.55. The average molecular weight is 215 g/mol. The summed E-state index contributed by atoms with van der Waals surface area (Å²) in [6.07, 6.45) is 0.488. The second-order valence-electron chi connectivity index (χ2n) is 4.94. The highest BCUT2D eigenvalue weighted by Gasteiger charge is 2.26. The highest BCUT2D eigenvalue weighted by atomic mass is 16.6. The van der Waals surface area contributed by atoms with Gasteiger partial charge < -0.3 is 15.8 Å². The van der Waals surface area contributed by atoms with Gasteiger partial charge in [0.05, 0.1) is 6.17 Å². The predicted octanol–water partition coefficient (Wildman–Crippen LogP) is 0.405. The van der Waals surface area contributed by atoms with Gasteiger partial charge in [-0.25, -0.2) is 4.79 Å². The summed E-state index contributed by atoms with van der Waals surface area (Å²) in [4.78, 5) is 11.4. The summed E-state index contributed by atoms with van der Waals surface area (Å²) in [6, 6.07) is 0. The topological polar surface area (TPSA) is 76.4 Å². The smallest absolute Gasteiger partial charge is 0.408 e. The Morgan fingerprint density at radius 2 is 2.27 bits per heavy atom. The quantitative estimate of drug-likeness (QED) is 0.623. The molecular formula is C10H21N3O2. The maximum absolute atomic E-state index is 11.4. The second-order valence-corrected chi connectivity index (χ2v) is 4.94. The molecule has 88 valence electrons. The van der Waals surface area contributed by atoms with Gasteiger partial charge in [0, 0.05) is 6.54 Å². The first-order chi connectivity index (χ1) is 6.90. The number of hydrogen-bond acceptors (Lipinski definition) is 4. The van der Waals surface area contributed by atoms with Gasteiger partial charge in [0.2, 0.25) is 0 Å². The Morgan fingerprint density at radius 1 is 1.60 bits per heavy atom. The number of carbonyl (C=O) groups excluding carboxylic acids is 1. The van der Waals surface area contributed by atoms with E-state index in [1.165, 1.54) is 0 Å². The van der Waals surface area contributed by atoms with Gasteiger partial charge in [-0.15, -0.1) is 0 Å². The zero-order chi connectivity index (χ0) is 11.5. The maximum atomic E-state index is 11.4. The van der Waals surface area contributed by atoms with Crippen molar-refractivity contribution >= 4 is 6.09 Å². The molecule has 1 fully saturated rings. The van der Waals surface area contributed by atoms with E-state index < -0.39 is 5.60 Å². The maximum Gasteiger partial charge on any atom is 0.408 e. The van der Waals surface area contributed by atoms with Gasteiger partial charge in [0.25, 0.3) is 0 Å². The van der Waals surface area contributed by atoms with Gasteiger partial charge >= 0.3 is 6.09 Å². The summed E-state index contributed by atoms with van der Waals surface area (Å²) in [5, 5.41) is 5.95. The van der Waals surface area contributed by atoms with Crippen molar-refractivity contribution in [2.45, 2.75) is 39.0 Å². The molecule has 1 amide bonds. The van der Waals surface area contributed by atoms with Crippen LogP contribution < -0.4 is 16.4 Å². The van der Waals surface area contributed by atoms with Crippen molar-refractivity contribution in [3.63, 3.8) is 0 Å². The van der Waals surface area contributed by atoms with Crippen LogP contribution in [0.2, 0.25) is 0 Å². The summed E-state index contributed by atoms with van der Waals surface area (Å²) in [5.74, 6) is 0.449. The molecule has 0 spiro atoms. The summed E-state index contributed by atoms with van der Waals surface area (Å²) < 4.78 is 5.15. The van der Waals surface area contributed by atoms with E-state index in [4.69, 9.17) is 10.5 Å². The first-order valence-corrected chi connectivity index (χ1v) is 5.33. The van der Waals surface area contributed by atoms with Gasteiger partial charge in [0.15, 0.2) is 0 Å². The molecule has 5 heteroatoms. The average Bonchev–Trinajstić information content (AvgIpc) is 2.48. The Labute approximate surface area is 90.7 Å². The molecule has 0 aromatic heterocycles. The number of hydrogen-bond donors (Lipinski definition) is 3. The van der Waals surface area contributed by atoms with E-state index in [1.807, 2.05) is 20.8 Å². The van der Waals surface area contributed by atoms with E-state index in [-0.39, 0.29) is 12.3 Å². The van der Waals surface area contributed by atoms with Crippen LogP contribution in [-0.2, 0) is 4.74 Å². The number of ether oxygens (including phenoxy) is 1. The van der Waals surface area contributed by atoms with Crippen LogP contribution >= 0.6 is 0 Å². The van der Waals surface area contributed by atoms with Crippen molar-refractivity contribution < 1.29 is 9.53 Å². The largest absolute Gasteiger partial charge is 0.444 e. The lowest BCUT2D eigenvalue weighted by atomic mass is 10.1. The Kier molecular flexibility index (Phi) is 3.93. The lowest BCUT2D eigenvalue weighted by molar-refractivity contribution is 0.0499. The molecule has 0 radical (unpaired) electrons. The lowest BCUT2D eigenvalue weighted by Gasteiger charge is -2.21. The number of alkyl carbamates (subject to hydrolysis) is 1. The Hall–Kier alpha value is -0.810. The van der Waals surface area contributed by atoms with Gasteiger partial charge in [-0.05, 0) is 39.7 Å².